The Labute approximate surface area is 85.2 Å². The molecule has 1 fully saturated rings. The maximum absolute atomic E-state index is 11.0. The van der Waals surface area contributed by atoms with Crippen LogP contribution in [0, 0.1) is 11.8 Å². The van der Waals surface area contributed by atoms with E-state index < -0.39 is 0 Å². The van der Waals surface area contributed by atoms with E-state index in [-0.39, 0.29) is 12.1 Å². The second kappa shape index (κ2) is 5.20. The van der Waals surface area contributed by atoms with Crippen LogP contribution in [-0.2, 0) is 4.74 Å². The Balaban J connectivity index is 2.30. The summed E-state index contributed by atoms with van der Waals surface area (Å²) >= 11 is 0. The van der Waals surface area contributed by atoms with E-state index >= 15 is 0 Å². The van der Waals surface area contributed by atoms with E-state index in [4.69, 9.17) is 5.73 Å². The summed E-state index contributed by atoms with van der Waals surface area (Å²) in [5, 5.41) is 2.84. The Hall–Kier alpha value is -0.770. The Morgan fingerprint density at radius 2 is 2.36 bits per heavy atom. The van der Waals surface area contributed by atoms with E-state index in [0.717, 1.165) is 25.8 Å². The lowest BCUT2D eigenvalue weighted by molar-refractivity contribution is 0.166. The van der Waals surface area contributed by atoms with Gasteiger partial charge < -0.3 is 15.8 Å². The SMILES string of the molecule is COC(=O)NC1CCC(C(C)CN)C1. The number of amides is 1. The zero-order valence-electron chi connectivity index (χ0n) is 8.95. The molecule has 3 N–H and O–H groups in total. The lowest BCUT2D eigenvalue weighted by Gasteiger charge is -2.17. The van der Waals surface area contributed by atoms with Crippen molar-refractivity contribution in [3.63, 3.8) is 0 Å². The minimum Gasteiger partial charge on any atom is -0.453 e. The molecule has 1 aliphatic rings. The summed E-state index contributed by atoms with van der Waals surface area (Å²) in [7, 11) is 1.39. The molecule has 0 aromatic rings. The maximum Gasteiger partial charge on any atom is 0.407 e. The number of rotatable bonds is 3. The fourth-order valence-corrected chi connectivity index (χ4v) is 2.08. The first-order chi connectivity index (χ1) is 6.67. The van der Waals surface area contributed by atoms with Gasteiger partial charge in [0.25, 0.3) is 0 Å². The van der Waals surface area contributed by atoms with Crippen LogP contribution in [0.2, 0.25) is 0 Å². The fraction of sp³-hybridized carbons (Fsp3) is 0.900. The molecule has 1 amide bonds. The molecule has 4 nitrogen and oxygen atoms in total. The molecule has 1 saturated carbocycles. The highest BCUT2D eigenvalue weighted by molar-refractivity contribution is 5.67. The quantitative estimate of drug-likeness (QED) is 0.717. The molecule has 4 heteroatoms. The fourth-order valence-electron chi connectivity index (χ4n) is 2.08. The van der Waals surface area contributed by atoms with Crippen LogP contribution in [0.15, 0.2) is 0 Å². The van der Waals surface area contributed by atoms with Gasteiger partial charge in [0.2, 0.25) is 0 Å². The van der Waals surface area contributed by atoms with Crippen LogP contribution < -0.4 is 11.1 Å². The van der Waals surface area contributed by atoms with Crippen molar-refractivity contribution < 1.29 is 9.53 Å². The third-order valence-corrected chi connectivity index (χ3v) is 3.16. The van der Waals surface area contributed by atoms with Crippen molar-refractivity contribution in [1.29, 1.82) is 0 Å². The summed E-state index contributed by atoms with van der Waals surface area (Å²) in [6.07, 6.45) is 2.92. The predicted molar refractivity (Wildman–Crippen MR) is 54.9 cm³/mol. The standard InChI is InChI=1S/C10H20N2O2/c1-7(6-11)8-3-4-9(5-8)12-10(13)14-2/h7-9H,3-6,11H2,1-2H3,(H,12,13). The Kier molecular flexibility index (Phi) is 4.20. The van der Waals surface area contributed by atoms with Gasteiger partial charge in [-0.05, 0) is 37.6 Å². The van der Waals surface area contributed by atoms with Gasteiger partial charge in [-0.1, -0.05) is 6.92 Å². The molecule has 0 aliphatic heterocycles. The second-order valence-electron chi connectivity index (χ2n) is 4.12. The molecule has 1 rings (SSSR count). The smallest absolute Gasteiger partial charge is 0.407 e. The number of ether oxygens (including phenoxy) is 1. The lowest BCUT2D eigenvalue weighted by Crippen LogP contribution is -2.33. The van der Waals surface area contributed by atoms with Crippen molar-refractivity contribution in [2.45, 2.75) is 32.2 Å². The van der Waals surface area contributed by atoms with Crippen molar-refractivity contribution >= 4 is 6.09 Å². The molecule has 0 bridgehead atoms. The molecule has 0 aromatic heterocycles. The van der Waals surface area contributed by atoms with E-state index in [1.54, 1.807) is 0 Å². The first kappa shape index (κ1) is 11.3. The van der Waals surface area contributed by atoms with Crippen LogP contribution in [0.3, 0.4) is 0 Å². The first-order valence-corrected chi connectivity index (χ1v) is 5.22. The van der Waals surface area contributed by atoms with E-state index in [2.05, 4.69) is 17.0 Å². The Bertz CT molecular complexity index is 197. The minimum absolute atomic E-state index is 0.279. The average Bonchev–Trinajstić information content (AvgIpc) is 2.65. The molecule has 1 aliphatic carbocycles. The predicted octanol–water partition coefficient (Wildman–Crippen LogP) is 1.11. The summed E-state index contributed by atoms with van der Waals surface area (Å²) < 4.78 is 4.56. The average molecular weight is 200 g/mol. The van der Waals surface area contributed by atoms with E-state index in [0.29, 0.717) is 11.8 Å². The van der Waals surface area contributed by atoms with Crippen molar-refractivity contribution in [2.75, 3.05) is 13.7 Å². The summed E-state index contributed by atoms with van der Waals surface area (Å²) in [5.74, 6) is 1.21. The van der Waals surface area contributed by atoms with Crippen LogP contribution in [-0.4, -0.2) is 25.8 Å². The molecule has 0 aromatic carbocycles. The zero-order chi connectivity index (χ0) is 10.6. The number of hydrogen-bond donors (Lipinski definition) is 2. The second-order valence-corrected chi connectivity index (χ2v) is 4.12. The van der Waals surface area contributed by atoms with Gasteiger partial charge in [-0.15, -0.1) is 0 Å². The van der Waals surface area contributed by atoms with Crippen LogP contribution in [0.1, 0.15) is 26.2 Å². The summed E-state index contributed by atoms with van der Waals surface area (Å²) in [5.41, 5.74) is 5.61. The monoisotopic (exact) mass is 200 g/mol. The molecule has 0 radical (unpaired) electrons. The molecule has 14 heavy (non-hydrogen) atoms. The van der Waals surface area contributed by atoms with Gasteiger partial charge in [-0.3, -0.25) is 0 Å². The topological polar surface area (TPSA) is 64.3 Å². The zero-order valence-corrected chi connectivity index (χ0v) is 8.95. The minimum atomic E-state index is -0.323. The molecular weight excluding hydrogens is 180 g/mol. The Morgan fingerprint density at radius 3 is 2.93 bits per heavy atom. The summed E-state index contributed by atoms with van der Waals surface area (Å²) in [6.45, 7) is 2.90. The summed E-state index contributed by atoms with van der Waals surface area (Å²) in [4.78, 5) is 11.0. The first-order valence-electron chi connectivity index (χ1n) is 5.22. The molecule has 3 unspecified atom stereocenters. The largest absolute Gasteiger partial charge is 0.453 e. The number of hydrogen-bond acceptors (Lipinski definition) is 3. The normalized spacial score (nSPS) is 28.5. The molecule has 3 atom stereocenters. The molecule has 0 spiro atoms. The number of nitrogens with one attached hydrogen (secondary N) is 1. The number of carbonyl (C=O) groups excluding carboxylic acids is 1. The van der Waals surface area contributed by atoms with Crippen LogP contribution in [0.25, 0.3) is 0 Å². The number of alkyl carbamates (subject to hydrolysis) is 1. The van der Waals surface area contributed by atoms with Gasteiger partial charge in [-0.2, -0.15) is 0 Å². The number of methoxy groups -OCH3 is 1. The number of carbonyl (C=O) groups is 1. The molecule has 82 valence electrons. The van der Waals surface area contributed by atoms with Gasteiger partial charge in [-0.25, -0.2) is 4.79 Å². The van der Waals surface area contributed by atoms with Gasteiger partial charge in [0.1, 0.15) is 0 Å². The van der Waals surface area contributed by atoms with Gasteiger partial charge in [0.15, 0.2) is 0 Å². The third-order valence-electron chi connectivity index (χ3n) is 3.16. The highest BCUT2D eigenvalue weighted by Gasteiger charge is 2.28. The van der Waals surface area contributed by atoms with Crippen molar-refractivity contribution in [3.05, 3.63) is 0 Å². The highest BCUT2D eigenvalue weighted by atomic mass is 16.5. The molecular formula is C10H20N2O2. The summed E-state index contributed by atoms with van der Waals surface area (Å²) in [6, 6.07) is 0.279. The van der Waals surface area contributed by atoms with Crippen molar-refractivity contribution in [2.24, 2.45) is 17.6 Å². The van der Waals surface area contributed by atoms with Crippen molar-refractivity contribution in [1.82, 2.24) is 5.32 Å². The molecule has 0 saturated heterocycles. The van der Waals surface area contributed by atoms with Gasteiger partial charge in [0, 0.05) is 6.04 Å². The Morgan fingerprint density at radius 1 is 1.64 bits per heavy atom. The lowest BCUT2D eigenvalue weighted by atomic mass is 9.93. The maximum atomic E-state index is 11.0. The number of nitrogens with two attached hydrogens (primary N) is 1. The van der Waals surface area contributed by atoms with Gasteiger partial charge >= 0.3 is 6.09 Å². The molecule has 0 heterocycles. The van der Waals surface area contributed by atoms with E-state index in [1.165, 1.54) is 7.11 Å². The highest BCUT2D eigenvalue weighted by Crippen LogP contribution is 2.31. The van der Waals surface area contributed by atoms with Crippen LogP contribution >= 0.6 is 0 Å². The van der Waals surface area contributed by atoms with Crippen LogP contribution in [0.5, 0.6) is 0 Å². The van der Waals surface area contributed by atoms with E-state index in [9.17, 15) is 4.79 Å². The van der Waals surface area contributed by atoms with E-state index in [1.807, 2.05) is 0 Å². The van der Waals surface area contributed by atoms with Gasteiger partial charge in [0.05, 0.1) is 7.11 Å². The third kappa shape index (κ3) is 2.87. The van der Waals surface area contributed by atoms with Crippen LogP contribution in [0.4, 0.5) is 4.79 Å². The van der Waals surface area contributed by atoms with Crippen molar-refractivity contribution in [3.8, 4) is 0 Å².